The van der Waals surface area contributed by atoms with Gasteiger partial charge in [0.1, 0.15) is 0 Å². The van der Waals surface area contributed by atoms with Gasteiger partial charge in [0.15, 0.2) is 0 Å². The van der Waals surface area contributed by atoms with Gasteiger partial charge in [0.2, 0.25) is 0 Å². The number of aromatic nitrogens is 2. The minimum Gasteiger partial charge on any atom is -0.382 e. The Kier molecular flexibility index (Phi) is 4.02. The summed E-state index contributed by atoms with van der Waals surface area (Å²) in [6.07, 6.45) is 5.43. The average Bonchev–Trinajstić information content (AvgIpc) is 3.02. The molecule has 1 fully saturated rings. The average molecular weight is 271 g/mol. The minimum absolute atomic E-state index is 0.400. The summed E-state index contributed by atoms with van der Waals surface area (Å²) < 4.78 is 5.72. The van der Waals surface area contributed by atoms with E-state index in [-0.39, 0.29) is 0 Å². The molecule has 0 amide bonds. The Bertz CT molecular complexity index is 538. The fraction of sp³-hybridized carbons (Fsp3) is 0.438. The Balaban J connectivity index is 1.70. The number of benzene rings is 1. The molecule has 1 aromatic heterocycles. The fourth-order valence-electron chi connectivity index (χ4n) is 2.72. The van der Waals surface area contributed by atoms with Crippen LogP contribution in [-0.2, 0) is 4.74 Å². The molecule has 2 aromatic rings. The Morgan fingerprint density at radius 3 is 3.15 bits per heavy atom. The van der Waals surface area contributed by atoms with Crippen molar-refractivity contribution in [1.29, 1.82) is 0 Å². The van der Waals surface area contributed by atoms with Crippen molar-refractivity contribution in [2.75, 3.05) is 11.9 Å². The van der Waals surface area contributed by atoms with Crippen LogP contribution in [0, 0.1) is 0 Å². The first-order chi connectivity index (χ1) is 9.85. The zero-order valence-electron chi connectivity index (χ0n) is 11.8. The third-order valence-electron chi connectivity index (χ3n) is 3.87. The molecule has 0 saturated carbocycles. The van der Waals surface area contributed by atoms with E-state index in [1.54, 1.807) is 6.20 Å². The number of hydrogen-bond donors (Lipinski definition) is 2. The molecule has 1 saturated heterocycles. The van der Waals surface area contributed by atoms with Crippen molar-refractivity contribution < 1.29 is 4.74 Å². The van der Waals surface area contributed by atoms with Crippen LogP contribution in [0.25, 0.3) is 11.3 Å². The van der Waals surface area contributed by atoms with Crippen molar-refractivity contribution in [2.45, 2.75) is 38.3 Å². The molecule has 20 heavy (non-hydrogen) atoms. The highest BCUT2D eigenvalue weighted by atomic mass is 16.5. The number of aromatic amines is 1. The van der Waals surface area contributed by atoms with E-state index in [0.29, 0.717) is 12.1 Å². The lowest BCUT2D eigenvalue weighted by Crippen LogP contribution is -2.33. The number of anilines is 1. The highest BCUT2D eigenvalue weighted by Gasteiger charge is 2.21. The van der Waals surface area contributed by atoms with Crippen LogP contribution in [-0.4, -0.2) is 29.0 Å². The maximum absolute atomic E-state index is 5.72. The standard InChI is InChI=1S/C16H21N3O/c1-2-15-11-14(7-9-20-15)18-13-5-3-4-12(10-13)16-6-8-17-19-16/h3-6,8,10,14-15,18H,2,7,9,11H2,1H3,(H,17,19). The van der Waals surface area contributed by atoms with Crippen molar-refractivity contribution >= 4 is 5.69 Å². The Labute approximate surface area is 119 Å². The van der Waals surface area contributed by atoms with E-state index in [9.17, 15) is 0 Å². The van der Waals surface area contributed by atoms with Gasteiger partial charge in [-0.05, 0) is 37.5 Å². The molecule has 2 N–H and O–H groups in total. The van der Waals surface area contributed by atoms with E-state index in [4.69, 9.17) is 4.74 Å². The van der Waals surface area contributed by atoms with E-state index in [0.717, 1.165) is 37.1 Å². The van der Waals surface area contributed by atoms with Crippen molar-refractivity contribution in [1.82, 2.24) is 10.2 Å². The molecule has 1 aliphatic heterocycles. The second kappa shape index (κ2) is 6.09. The van der Waals surface area contributed by atoms with Gasteiger partial charge in [-0.2, -0.15) is 5.10 Å². The molecule has 3 rings (SSSR count). The molecule has 106 valence electrons. The van der Waals surface area contributed by atoms with Gasteiger partial charge in [0, 0.05) is 30.1 Å². The highest BCUT2D eigenvalue weighted by molar-refractivity contribution is 5.64. The summed E-state index contributed by atoms with van der Waals surface area (Å²) in [7, 11) is 0. The van der Waals surface area contributed by atoms with Gasteiger partial charge < -0.3 is 10.1 Å². The van der Waals surface area contributed by atoms with Crippen LogP contribution in [0.3, 0.4) is 0 Å². The van der Waals surface area contributed by atoms with Crippen LogP contribution in [0.5, 0.6) is 0 Å². The fourth-order valence-corrected chi connectivity index (χ4v) is 2.72. The molecular formula is C16H21N3O. The molecule has 0 aliphatic carbocycles. The zero-order chi connectivity index (χ0) is 13.8. The van der Waals surface area contributed by atoms with Crippen LogP contribution in [0.1, 0.15) is 26.2 Å². The van der Waals surface area contributed by atoms with Gasteiger partial charge >= 0.3 is 0 Å². The Morgan fingerprint density at radius 2 is 2.35 bits per heavy atom. The number of nitrogens with one attached hydrogen (secondary N) is 2. The van der Waals surface area contributed by atoms with Crippen molar-refractivity contribution in [3.63, 3.8) is 0 Å². The maximum Gasteiger partial charge on any atom is 0.0650 e. The van der Waals surface area contributed by atoms with Crippen LogP contribution in [0.4, 0.5) is 5.69 Å². The molecule has 1 aliphatic rings. The zero-order valence-corrected chi connectivity index (χ0v) is 11.8. The SMILES string of the molecule is CCC1CC(Nc2cccc(-c3ccn[nH]3)c2)CCO1. The van der Waals surface area contributed by atoms with E-state index >= 15 is 0 Å². The number of ether oxygens (including phenoxy) is 1. The molecule has 1 aromatic carbocycles. The van der Waals surface area contributed by atoms with E-state index in [1.165, 1.54) is 5.69 Å². The van der Waals surface area contributed by atoms with Crippen molar-refractivity contribution in [3.8, 4) is 11.3 Å². The van der Waals surface area contributed by atoms with Gasteiger partial charge in [0.25, 0.3) is 0 Å². The summed E-state index contributed by atoms with van der Waals surface area (Å²) in [5.74, 6) is 0. The van der Waals surface area contributed by atoms with Crippen molar-refractivity contribution in [3.05, 3.63) is 36.5 Å². The monoisotopic (exact) mass is 271 g/mol. The van der Waals surface area contributed by atoms with Crippen LogP contribution in [0.15, 0.2) is 36.5 Å². The lowest BCUT2D eigenvalue weighted by molar-refractivity contribution is 0.00926. The molecule has 0 radical (unpaired) electrons. The molecule has 2 unspecified atom stereocenters. The largest absolute Gasteiger partial charge is 0.382 e. The summed E-state index contributed by atoms with van der Waals surface area (Å²) in [6, 6.07) is 11.0. The summed E-state index contributed by atoms with van der Waals surface area (Å²) in [5.41, 5.74) is 3.37. The molecule has 4 nitrogen and oxygen atoms in total. The van der Waals surface area contributed by atoms with E-state index in [2.05, 4.69) is 46.7 Å². The van der Waals surface area contributed by atoms with Crippen molar-refractivity contribution in [2.24, 2.45) is 0 Å². The number of rotatable bonds is 4. The van der Waals surface area contributed by atoms with Gasteiger partial charge in [-0.1, -0.05) is 19.1 Å². The van der Waals surface area contributed by atoms with E-state index in [1.807, 2.05) is 6.07 Å². The maximum atomic E-state index is 5.72. The Hall–Kier alpha value is -1.81. The molecular weight excluding hydrogens is 250 g/mol. The predicted octanol–water partition coefficient (Wildman–Crippen LogP) is 3.45. The number of nitrogens with zero attached hydrogens (tertiary/aromatic N) is 1. The molecule has 2 atom stereocenters. The van der Waals surface area contributed by atoms with Gasteiger partial charge in [-0.15, -0.1) is 0 Å². The van der Waals surface area contributed by atoms with Crippen LogP contribution < -0.4 is 5.32 Å². The van der Waals surface area contributed by atoms with Gasteiger partial charge in [-0.3, -0.25) is 5.10 Å². The third kappa shape index (κ3) is 3.02. The third-order valence-corrected chi connectivity index (χ3v) is 3.87. The highest BCUT2D eigenvalue weighted by Crippen LogP contribution is 2.24. The Morgan fingerprint density at radius 1 is 1.40 bits per heavy atom. The van der Waals surface area contributed by atoms with Crippen LogP contribution >= 0.6 is 0 Å². The predicted molar refractivity (Wildman–Crippen MR) is 80.7 cm³/mol. The summed E-state index contributed by atoms with van der Waals surface area (Å²) >= 11 is 0. The van der Waals surface area contributed by atoms with Gasteiger partial charge in [0.05, 0.1) is 11.8 Å². The second-order valence-electron chi connectivity index (χ2n) is 5.32. The second-order valence-corrected chi connectivity index (χ2v) is 5.32. The molecule has 4 heteroatoms. The topological polar surface area (TPSA) is 49.9 Å². The number of hydrogen-bond acceptors (Lipinski definition) is 3. The first kappa shape index (κ1) is 13.2. The normalized spacial score (nSPS) is 22.6. The first-order valence-corrected chi connectivity index (χ1v) is 7.33. The summed E-state index contributed by atoms with van der Waals surface area (Å²) in [6.45, 7) is 3.04. The van der Waals surface area contributed by atoms with Gasteiger partial charge in [-0.25, -0.2) is 0 Å². The summed E-state index contributed by atoms with van der Waals surface area (Å²) in [4.78, 5) is 0. The molecule has 0 bridgehead atoms. The first-order valence-electron chi connectivity index (χ1n) is 7.33. The molecule has 0 spiro atoms. The van der Waals surface area contributed by atoms with E-state index < -0.39 is 0 Å². The minimum atomic E-state index is 0.400. The lowest BCUT2D eigenvalue weighted by Gasteiger charge is -2.30. The molecule has 2 heterocycles. The quantitative estimate of drug-likeness (QED) is 0.895. The lowest BCUT2D eigenvalue weighted by atomic mass is 10.0. The van der Waals surface area contributed by atoms with Crippen LogP contribution in [0.2, 0.25) is 0 Å². The smallest absolute Gasteiger partial charge is 0.0650 e. The number of H-pyrrole nitrogens is 1. The summed E-state index contributed by atoms with van der Waals surface area (Å²) in [5, 5.41) is 10.6.